The highest BCUT2D eigenvalue weighted by Gasteiger charge is 2.33. The van der Waals surface area contributed by atoms with Gasteiger partial charge in [-0.2, -0.15) is 13.2 Å². The Bertz CT molecular complexity index is 1310. The summed E-state index contributed by atoms with van der Waals surface area (Å²) in [4.78, 5) is 11.4. The summed E-state index contributed by atoms with van der Waals surface area (Å²) in [6.45, 7) is 7.53. The van der Waals surface area contributed by atoms with Crippen LogP contribution in [-0.4, -0.2) is 41.0 Å². The number of carboxylic acid groups (broad SMARTS) is 1. The number of carbonyl (C=O) groups is 1. The summed E-state index contributed by atoms with van der Waals surface area (Å²) >= 11 is 5.72. The first-order valence-corrected chi connectivity index (χ1v) is 12.9. The highest BCUT2D eigenvalue weighted by atomic mass is 35.5. The van der Waals surface area contributed by atoms with Gasteiger partial charge in [-0.25, -0.2) is 4.79 Å². The Kier molecular flexibility index (Phi) is 9.83. The van der Waals surface area contributed by atoms with Crippen molar-refractivity contribution in [1.82, 2.24) is 5.32 Å². The molecule has 210 valence electrons. The van der Waals surface area contributed by atoms with Gasteiger partial charge in [-0.15, -0.1) is 0 Å². The van der Waals surface area contributed by atoms with Crippen LogP contribution in [0.15, 0.2) is 60.7 Å². The normalized spacial score (nSPS) is 13.8. The molecule has 0 aromatic heterocycles. The van der Waals surface area contributed by atoms with E-state index in [0.29, 0.717) is 17.5 Å². The molecule has 0 fully saturated rings. The van der Waals surface area contributed by atoms with Crippen molar-refractivity contribution < 1.29 is 32.9 Å². The zero-order valence-electron chi connectivity index (χ0n) is 22.3. The first-order chi connectivity index (χ1) is 18.2. The van der Waals surface area contributed by atoms with Crippen molar-refractivity contribution in [2.75, 3.05) is 13.2 Å². The third-order valence-electron chi connectivity index (χ3n) is 6.50. The molecule has 3 aromatic carbocycles. The summed E-state index contributed by atoms with van der Waals surface area (Å²) in [7, 11) is 0. The van der Waals surface area contributed by atoms with E-state index in [4.69, 9.17) is 16.3 Å². The maximum Gasteiger partial charge on any atom is 0.417 e. The number of alkyl halides is 3. The number of aliphatic hydroxyl groups excluding tert-OH is 1. The quantitative estimate of drug-likeness (QED) is 0.232. The summed E-state index contributed by atoms with van der Waals surface area (Å²) in [6, 6.07) is 16.7. The van der Waals surface area contributed by atoms with E-state index in [-0.39, 0.29) is 29.8 Å². The minimum Gasteiger partial charge on any atom is -0.478 e. The van der Waals surface area contributed by atoms with E-state index in [1.807, 2.05) is 51.1 Å². The summed E-state index contributed by atoms with van der Waals surface area (Å²) in [5.41, 5.74) is 2.57. The Labute approximate surface area is 231 Å². The predicted molar refractivity (Wildman–Crippen MR) is 146 cm³/mol. The van der Waals surface area contributed by atoms with Crippen molar-refractivity contribution in [2.24, 2.45) is 0 Å². The smallest absolute Gasteiger partial charge is 0.417 e. The molecule has 0 spiro atoms. The second-order valence-electron chi connectivity index (χ2n) is 10.3. The molecule has 3 N–H and O–H groups in total. The summed E-state index contributed by atoms with van der Waals surface area (Å²) in [5, 5.41) is 22.7. The molecule has 0 aliphatic rings. The molecule has 0 saturated heterocycles. The lowest BCUT2D eigenvalue weighted by molar-refractivity contribution is -0.137. The largest absolute Gasteiger partial charge is 0.478 e. The van der Waals surface area contributed by atoms with Crippen LogP contribution in [0.3, 0.4) is 0 Å². The average molecular weight is 564 g/mol. The summed E-state index contributed by atoms with van der Waals surface area (Å²) in [6.07, 6.45) is -5.45. The third-order valence-corrected chi connectivity index (χ3v) is 6.83. The highest BCUT2D eigenvalue weighted by molar-refractivity contribution is 6.31. The fourth-order valence-corrected chi connectivity index (χ4v) is 4.68. The lowest BCUT2D eigenvalue weighted by atomic mass is 9.93. The van der Waals surface area contributed by atoms with Gasteiger partial charge in [0, 0.05) is 12.1 Å². The number of nitrogens with one attached hydrogen (secondary N) is 1. The van der Waals surface area contributed by atoms with E-state index in [1.54, 1.807) is 25.1 Å². The topological polar surface area (TPSA) is 78.8 Å². The maximum atomic E-state index is 13.2. The monoisotopic (exact) mass is 563 g/mol. The van der Waals surface area contributed by atoms with Crippen LogP contribution in [0.1, 0.15) is 59.5 Å². The second kappa shape index (κ2) is 12.5. The number of ether oxygens (including phenoxy) is 1. The van der Waals surface area contributed by atoms with Crippen molar-refractivity contribution in [1.29, 1.82) is 0 Å². The minimum absolute atomic E-state index is 0.0364. The van der Waals surface area contributed by atoms with Crippen LogP contribution in [0.25, 0.3) is 11.1 Å². The van der Waals surface area contributed by atoms with Gasteiger partial charge in [0.2, 0.25) is 0 Å². The van der Waals surface area contributed by atoms with Gasteiger partial charge in [-0.3, -0.25) is 0 Å². The fourth-order valence-electron chi connectivity index (χ4n) is 4.46. The number of aromatic carboxylic acids is 1. The number of hydrogen-bond acceptors (Lipinski definition) is 4. The Morgan fingerprint density at radius 3 is 2.41 bits per heavy atom. The molecule has 0 radical (unpaired) electrons. The second-order valence-corrected chi connectivity index (χ2v) is 10.7. The molecule has 2 atom stereocenters. The number of halogens is 4. The Balaban J connectivity index is 1.60. The van der Waals surface area contributed by atoms with Crippen LogP contribution in [0.2, 0.25) is 5.02 Å². The van der Waals surface area contributed by atoms with Crippen molar-refractivity contribution >= 4 is 17.6 Å². The standard InChI is InChI=1S/C30H33ClF3NO4/c1-18-13-21(10-11-23(18)28(37)38)25-8-6-5-7-24(25)19(2)39-17-22(36)16-35-29(3,4)15-20-9-12-27(31)26(14-20)30(32,33)34/h5-14,19,22,35-36H,15-17H2,1-4H3,(H,37,38). The Morgan fingerprint density at radius 2 is 1.77 bits per heavy atom. The average Bonchev–Trinajstić information content (AvgIpc) is 2.86. The van der Waals surface area contributed by atoms with Crippen LogP contribution in [0.4, 0.5) is 13.2 Å². The van der Waals surface area contributed by atoms with Crippen molar-refractivity contribution in [3.05, 3.63) is 93.5 Å². The van der Waals surface area contributed by atoms with Gasteiger partial charge in [-0.1, -0.05) is 54.1 Å². The lowest BCUT2D eigenvalue weighted by Gasteiger charge is -2.29. The molecule has 3 rings (SSSR count). The van der Waals surface area contributed by atoms with Gasteiger partial charge in [-0.05, 0) is 80.1 Å². The van der Waals surface area contributed by atoms with Crippen LogP contribution in [-0.2, 0) is 17.3 Å². The third kappa shape index (κ3) is 8.29. The number of hydrogen-bond donors (Lipinski definition) is 3. The van der Waals surface area contributed by atoms with Crippen molar-refractivity contribution in [3.63, 3.8) is 0 Å². The van der Waals surface area contributed by atoms with Crippen LogP contribution < -0.4 is 5.32 Å². The number of β-amino-alcohol motifs (C(OH)–C–C–N with tert-alkyl or cyclic N) is 1. The maximum absolute atomic E-state index is 13.2. The molecule has 39 heavy (non-hydrogen) atoms. The summed E-state index contributed by atoms with van der Waals surface area (Å²) < 4.78 is 45.6. The van der Waals surface area contributed by atoms with E-state index in [0.717, 1.165) is 22.8 Å². The molecule has 5 nitrogen and oxygen atoms in total. The first kappa shape index (κ1) is 30.6. The molecule has 0 aliphatic carbocycles. The highest BCUT2D eigenvalue weighted by Crippen LogP contribution is 2.36. The van der Waals surface area contributed by atoms with Gasteiger partial charge in [0.1, 0.15) is 0 Å². The molecule has 0 saturated carbocycles. The SMILES string of the molecule is Cc1cc(-c2ccccc2C(C)OCC(O)CNC(C)(C)Cc2ccc(Cl)c(C(F)(F)F)c2)ccc1C(=O)O. The Morgan fingerprint density at radius 1 is 1.08 bits per heavy atom. The number of benzene rings is 3. The van der Waals surface area contributed by atoms with Crippen molar-refractivity contribution in [3.8, 4) is 11.1 Å². The zero-order chi connectivity index (χ0) is 29.0. The molecule has 0 bridgehead atoms. The predicted octanol–water partition coefficient (Wildman–Crippen LogP) is 7.08. The van der Waals surface area contributed by atoms with E-state index in [9.17, 15) is 28.2 Å². The number of rotatable bonds is 11. The van der Waals surface area contributed by atoms with Crippen LogP contribution in [0.5, 0.6) is 0 Å². The zero-order valence-corrected chi connectivity index (χ0v) is 23.0. The molecular weight excluding hydrogens is 531 g/mol. The van der Waals surface area contributed by atoms with Crippen LogP contribution >= 0.6 is 11.6 Å². The van der Waals surface area contributed by atoms with E-state index < -0.39 is 29.4 Å². The fraction of sp³-hybridized carbons (Fsp3) is 0.367. The van der Waals surface area contributed by atoms with E-state index in [1.165, 1.54) is 6.07 Å². The molecular formula is C30H33ClF3NO4. The van der Waals surface area contributed by atoms with Gasteiger partial charge in [0.15, 0.2) is 0 Å². The van der Waals surface area contributed by atoms with Gasteiger partial charge >= 0.3 is 12.1 Å². The molecule has 9 heteroatoms. The lowest BCUT2D eigenvalue weighted by Crippen LogP contribution is -2.46. The van der Waals surface area contributed by atoms with Gasteiger partial charge in [0.05, 0.1) is 35.0 Å². The molecule has 0 aliphatic heterocycles. The summed E-state index contributed by atoms with van der Waals surface area (Å²) in [5.74, 6) is -0.978. The minimum atomic E-state index is -4.53. The van der Waals surface area contributed by atoms with Crippen LogP contribution in [0, 0.1) is 6.92 Å². The van der Waals surface area contributed by atoms with E-state index >= 15 is 0 Å². The molecule has 3 aromatic rings. The number of aryl methyl sites for hydroxylation is 1. The number of carboxylic acids is 1. The Hall–Kier alpha value is -2.91. The van der Waals surface area contributed by atoms with E-state index in [2.05, 4.69) is 5.32 Å². The van der Waals surface area contributed by atoms with Gasteiger partial charge in [0.25, 0.3) is 0 Å². The molecule has 0 heterocycles. The number of aliphatic hydroxyl groups is 1. The van der Waals surface area contributed by atoms with Gasteiger partial charge < -0.3 is 20.3 Å². The van der Waals surface area contributed by atoms with Crippen molar-refractivity contribution in [2.45, 2.75) is 58.0 Å². The first-order valence-electron chi connectivity index (χ1n) is 12.5. The molecule has 0 amide bonds. The molecule has 2 unspecified atom stereocenters.